The molecular weight excluding hydrogens is 240 g/mol. The summed E-state index contributed by atoms with van der Waals surface area (Å²) >= 11 is 0. The Morgan fingerprint density at radius 1 is 1.28 bits per heavy atom. The summed E-state index contributed by atoms with van der Waals surface area (Å²) in [6.45, 7) is 1.72. The number of hydrogen-bond acceptors (Lipinski definition) is 3. The van der Waals surface area contributed by atoms with E-state index in [1.165, 1.54) is 12.3 Å². The van der Waals surface area contributed by atoms with E-state index in [0.29, 0.717) is 5.76 Å². The average Bonchev–Trinajstić information content (AvgIpc) is 2.80. The van der Waals surface area contributed by atoms with E-state index < -0.39 is 23.8 Å². The van der Waals surface area contributed by atoms with Gasteiger partial charge in [-0.25, -0.2) is 8.78 Å². The zero-order valence-electron chi connectivity index (χ0n) is 9.77. The van der Waals surface area contributed by atoms with Gasteiger partial charge in [-0.1, -0.05) is 0 Å². The second kappa shape index (κ2) is 5.18. The van der Waals surface area contributed by atoms with Gasteiger partial charge < -0.3 is 14.9 Å². The molecule has 0 aliphatic carbocycles. The number of nitrogens with two attached hydrogens (primary N) is 1. The third kappa shape index (κ3) is 2.68. The van der Waals surface area contributed by atoms with Gasteiger partial charge in [0.05, 0.1) is 6.26 Å². The van der Waals surface area contributed by atoms with Crippen LogP contribution in [0.15, 0.2) is 41.0 Å². The molecule has 0 spiro atoms. The van der Waals surface area contributed by atoms with Gasteiger partial charge in [0.15, 0.2) is 17.7 Å². The fourth-order valence-electron chi connectivity index (χ4n) is 1.59. The van der Waals surface area contributed by atoms with Gasteiger partial charge in [0.2, 0.25) is 0 Å². The molecule has 0 saturated carbocycles. The molecular formula is C13H13F2NO2. The molecule has 2 rings (SSSR count). The molecule has 2 N–H and O–H groups in total. The lowest BCUT2D eigenvalue weighted by molar-refractivity contribution is 0.146. The SMILES string of the molecule is CC(N)C(Oc1ccc(F)cc1F)c1ccco1. The highest BCUT2D eigenvalue weighted by atomic mass is 19.1. The van der Waals surface area contributed by atoms with Crippen LogP contribution in [0.2, 0.25) is 0 Å². The maximum absolute atomic E-state index is 13.5. The normalized spacial score (nSPS) is 14.2. The Balaban J connectivity index is 2.24. The first-order chi connectivity index (χ1) is 8.58. The van der Waals surface area contributed by atoms with Crippen LogP contribution in [0.3, 0.4) is 0 Å². The third-order valence-corrected chi connectivity index (χ3v) is 2.45. The molecule has 18 heavy (non-hydrogen) atoms. The number of hydrogen-bond donors (Lipinski definition) is 1. The summed E-state index contributed by atoms with van der Waals surface area (Å²) in [5.41, 5.74) is 5.77. The van der Waals surface area contributed by atoms with Crippen LogP contribution in [0, 0.1) is 11.6 Å². The smallest absolute Gasteiger partial charge is 0.171 e. The first kappa shape index (κ1) is 12.6. The minimum absolute atomic E-state index is 0.0601. The van der Waals surface area contributed by atoms with E-state index in [0.717, 1.165) is 12.1 Å². The Morgan fingerprint density at radius 3 is 2.61 bits per heavy atom. The maximum Gasteiger partial charge on any atom is 0.171 e. The number of rotatable bonds is 4. The van der Waals surface area contributed by atoms with Crippen LogP contribution < -0.4 is 10.5 Å². The highest BCUT2D eigenvalue weighted by molar-refractivity contribution is 5.25. The quantitative estimate of drug-likeness (QED) is 0.911. The van der Waals surface area contributed by atoms with Crippen LogP contribution in [0.4, 0.5) is 8.78 Å². The Morgan fingerprint density at radius 2 is 2.06 bits per heavy atom. The summed E-state index contributed by atoms with van der Waals surface area (Å²) in [5.74, 6) is -0.994. The molecule has 5 heteroatoms. The lowest BCUT2D eigenvalue weighted by Crippen LogP contribution is -2.29. The Hall–Kier alpha value is -1.88. The first-order valence-electron chi connectivity index (χ1n) is 5.48. The fourth-order valence-corrected chi connectivity index (χ4v) is 1.59. The summed E-state index contributed by atoms with van der Waals surface area (Å²) in [6.07, 6.45) is 0.856. The highest BCUT2D eigenvalue weighted by Crippen LogP contribution is 2.27. The molecule has 0 amide bonds. The predicted molar refractivity (Wildman–Crippen MR) is 62.1 cm³/mol. The van der Waals surface area contributed by atoms with Crippen LogP contribution in [-0.4, -0.2) is 6.04 Å². The monoisotopic (exact) mass is 253 g/mol. The van der Waals surface area contributed by atoms with Gasteiger partial charge in [0, 0.05) is 12.1 Å². The van der Waals surface area contributed by atoms with E-state index in [1.54, 1.807) is 19.1 Å². The van der Waals surface area contributed by atoms with Gasteiger partial charge in [-0.05, 0) is 31.2 Å². The van der Waals surface area contributed by atoms with Crippen molar-refractivity contribution in [2.24, 2.45) is 5.73 Å². The fraction of sp³-hybridized carbons (Fsp3) is 0.231. The van der Waals surface area contributed by atoms with Gasteiger partial charge in [0.1, 0.15) is 11.6 Å². The van der Waals surface area contributed by atoms with Crippen molar-refractivity contribution < 1.29 is 17.9 Å². The standard InChI is InChI=1S/C13H13F2NO2/c1-8(16)13(12-3-2-6-17-12)18-11-5-4-9(14)7-10(11)15/h2-8,13H,16H2,1H3. The summed E-state index contributed by atoms with van der Waals surface area (Å²) in [7, 11) is 0. The summed E-state index contributed by atoms with van der Waals surface area (Å²) in [5, 5.41) is 0. The Kier molecular flexibility index (Phi) is 3.62. The molecule has 2 unspecified atom stereocenters. The van der Waals surface area contributed by atoms with Crippen molar-refractivity contribution in [2.45, 2.75) is 19.1 Å². The van der Waals surface area contributed by atoms with E-state index in [2.05, 4.69) is 0 Å². The van der Waals surface area contributed by atoms with Crippen LogP contribution in [0.25, 0.3) is 0 Å². The molecule has 0 fully saturated rings. The topological polar surface area (TPSA) is 48.4 Å². The third-order valence-electron chi connectivity index (χ3n) is 2.45. The van der Waals surface area contributed by atoms with Crippen molar-refractivity contribution in [3.8, 4) is 5.75 Å². The minimum atomic E-state index is -0.771. The second-order valence-corrected chi connectivity index (χ2v) is 3.99. The van der Waals surface area contributed by atoms with Crippen LogP contribution >= 0.6 is 0 Å². The van der Waals surface area contributed by atoms with Crippen molar-refractivity contribution in [3.63, 3.8) is 0 Å². The van der Waals surface area contributed by atoms with E-state index in [-0.39, 0.29) is 5.75 Å². The molecule has 1 aromatic heterocycles. The summed E-state index contributed by atoms with van der Waals surface area (Å²) < 4.78 is 36.9. The molecule has 0 radical (unpaired) electrons. The van der Waals surface area contributed by atoms with E-state index in [1.807, 2.05) is 0 Å². The minimum Gasteiger partial charge on any atom is -0.478 e. The molecule has 96 valence electrons. The molecule has 0 bridgehead atoms. The summed E-state index contributed by atoms with van der Waals surface area (Å²) in [4.78, 5) is 0. The largest absolute Gasteiger partial charge is 0.478 e. The lowest BCUT2D eigenvalue weighted by Gasteiger charge is -2.20. The van der Waals surface area contributed by atoms with Gasteiger partial charge in [-0.2, -0.15) is 0 Å². The predicted octanol–water partition coefficient (Wildman–Crippen LogP) is 3.03. The number of benzene rings is 1. The van der Waals surface area contributed by atoms with Crippen molar-refractivity contribution in [3.05, 3.63) is 54.0 Å². The molecule has 0 aliphatic rings. The van der Waals surface area contributed by atoms with Crippen molar-refractivity contribution in [1.29, 1.82) is 0 Å². The molecule has 0 saturated heterocycles. The zero-order chi connectivity index (χ0) is 13.1. The average molecular weight is 253 g/mol. The second-order valence-electron chi connectivity index (χ2n) is 3.99. The molecule has 2 atom stereocenters. The van der Waals surface area contributed by atoms with Gasteiger partial charge in [-0.3, -0.25) is 0 Å². The van der Waals surface area contributed by atoms with Gasteiger partial charge in [-0.15, -0.1) is 0 Å². The van der Waals surface area contributed by atoms with Gasteiger partial charge in [0.25, 0.3) is 0 Å². The van der Waals surface area contributed by atoms with Crippen LogP contribution in [0.5, 0.6) is 5.75 Å². The molecule has 2 aromatic rings. The maximum atomic E-state index is 13.5. The molecule has 1 aromatic carbocycles. The van der Waals surface area contributed by atoms with E-state index in [9.17, 15) is 8.78 Å². The van der Waals surface area contributed by atoms with E-state index in [4.69, 9.17) is 14.9 Å². The lowest BCUT2D eigenvalue weighted by atomic mass is 10.1. The number of ether oxygens (including phenoxy) is 1. The number of halogens is 2. The van der Waals surface area contributed by atoms with Gasteiger partial charge >= 0.3 is 0 Å². The summed E-state index contributed by atoms with van der Waals surface area (Å²) in [6, 6.07) is 6.09. The zero-order valence-corrected chi connectivity index (χ0v) is 9.77. The van der Waals surface area contributed by atoms with Crippen molar-refractivity contribution in [2.75, 3.05) is 0 Å². The molecule has 3 nitrogen and oxygen atoms in total. The number of furan rings is 1. The Bertz CT molecular complexity index is 512. The highest BCUT2D eigenvalue weighted by Gasteiger charge is 2.22. The van der Waals surface area contributed by atoms with E-state index >= 15 is 0 Å². The Labute approximate surface area is 103 Å². The van der Waals surface area contributed by atoms with Crippen molar-refractivity contribution >= 4 is 0 Å². The van der Waals surface area contributed by atoms with Crippen LogP contribution in [-0.2, 0) is 0 Å². The van der Waals surface area contributed by atoms with Crippen LogP contribution in [0.1, 0.15) is 18.8 Å². The molecule has 1 heterocycles. The first-order valence-corrected chi connectivity index (χ1v) is 5.48. The molecule has 0 aliphatic heterocycles. The van der Waals surface area contributed by atoms with Crippen molar-refractivity contribution in [1.82, 2.24) is 0 Å².